The first kappa shape index (κ1) is 13.6. The second-order valence-electron chi connectivity index (χ2n) is 4.31. The Labute approximate surface area is 107 Å². The molecule has 0 radical (unpaired) electrons. The van der Waals surface area contributed by atoms with Crippen molar-refractivity contribution in [2.24, 2.45) is 0 Å². The molecule has 0 aromatic heterocycles. The number of likely N-dealkylation sites (tertiary alicyclic amines) is 1. The summed E-state index contributed by atoms with van der Waals surface area (Å²) in [5.74, 6) is -0.994. The Morgan fingerprint density at radius 2 is 1.84 bits per heavy atom. The lowest BCUT2D eigenvalue weighted by Crippen LogP contribution is -2.32. The molecule has 0 spiro atoms. The van der Waals surface area contributed by atoms with Gasteiger partial charge in [-0.3, -0.25) is 0 Å². The normalized spacial score (nSPS) is 15.7. The monoisotopic (exact) mass is 276 g/mol. The van der Waals surface area contributed by atoms with Crippen molar-refractivity contribution in [1.29, 1.82) is 0 Å². The molecule has 0 unspecified atom stereocenters. The lowest BCUT2D eigenvalue weighted by molar-refractivity contribution is -0.137. The summed E-state index contributed by atoms with van der Waals surface area (Å²) >= 11 is 0. The number of carbonyl (C=O) groups excluding carboxylic acids is 1. The lowest BCUT2D eigenvalue weighted by atomic mass is 10.1. The second kappa shape index (κ2) is 5.07. The third-order valence-corrected chi connectivity index (χ3v) is 2.92. The van der Waals surface area contributed by atoms with Crippen LogP contribution in [-0.4, -0.2) is 24.0 Å². The number of halogens is 4. The average Bonchev–Trinajstić information content (AvgIpc) is 2.83. The summed E-state index contributed by atoms with van der Waals surface area (Å²) in [5.41, 5.74) is -1.61. The summed E-state index contributed by atoms with van der Waals surface area (Å²) in [6.07, 6.45) is -3.04. The van der Waals surface area contributed by atoms with Crippen molar-refractivity contribution in [1.82, 2.24) is 4.90 Å². The van der Waals surface area contributed by atoms with Crippen molar-refractivity contribution < 1.29 is 22.4 Å². The van der Waals surface area contributed by atoms with Crippen molar-refractivity contribution in [3.05, 3.63) is 29.6 Å². The molecule has 3 nitrogen and oxygen atoms in total. The Balaban J connectivity index is 2.22. The van der Waals surface area contributed by atoms with E-state index in [0.29, 0.717) is 19.2 Å². The fourth-order valence-electron chi connectivity index (χ4n) is 1.97. The highest BCUT2D eigenvalue weighted by Crippen LogP contribution is 2.35. The van der Waals surface area contributed by atoms with Crippen LogP contribution in [0, 0.1) is 5.82 Å². The van der Waals surface area contributed by atoms with E-state index in [1.54, 1.807) is 0 Å². The summed E-state index contributed by atoms with van der Waals surface area (Å²) in [7, 11) is 0. The van der Waals surface area contributed by atoms with Crippen LogP contribution < -0.4 is 5.32 Å². The minimum absolute atomic E-state index is 0.375. The molecule has 1 aromatic rings. The number of anilines is 1. The van der Waals surface area contributed by atoms with E-state index in [-0.39, 0.29) is 0 Å². The molecule has 1 aliphatic rings. The van der Waals surface area contributed by atoms with Gasteiger partial charge in [0.1, 0.15) is 5.82 Å². The zero-order chi connectivity index (χ0) is 14.0. The van der Waals surface area contributed by atoms with E-state index >= 15 is 0 Å². The number of alkyl halides is 3. The third-order valence-electron chi connectivity index (χ3n) is 2.92. The standard InChI is InChI=1S/C12H12F4N2O/c13-8-3-4-10(9(7-8)12(14,15)16)17-11(19)18-5-1-2-6-18/h3-4,7H,1-2,5-6H2,(H,17,19). The highest BCUT2D eigenvalue weighted by Gasteiger charge is 2.34. The smallest absolute Gasteiger partial charge is 0.325 e. The SMILES string of the molecule is O=C(Nc1ccc(F)cc1C(F)(F)F)N1CCCC1. The predicted molar refractivity (Wildman–Crippen MR) is 61.2 cm³/mol. The number of hydrogen-bond acceptors (Lipinski definition) is 1. The summed E-state index contributed by atoms with van der Waals surface area (Å²) in [6.45, 7) is 1.04. The quantitative estimate of drug-likeness (QED) is 0.783. The zero-order valence-electron chi connectivity index (χ0n) is 9.93. The van der Waals surface area contributed by atoms with Crippen LogP contribution in [0.25, 0.3) is 0 Å². The Bertz CT molecular complexity index is 481. The van der Waals surface area contributed by atoms with Crippen LogP contribution in [0.5, 0.6) is 0 Å². The Kier molecular flexibility index (Phi) is 3.64. The molecule has 1 saturated heterocycles. The number of benzene rings is 1. The van der Waals surface area contributed by atoms with E-state index in [9.17, 15) is 22.4 Å². The van der Waals surface area contributed by atoms with Crippen molar-refractivity contribution in [3.63, 3.8) is 0 Å². The van der Waals surface area contributed by atoms with Crippen molar-refractivity contribution in [3.8, 4) is 0 Å². The van der Waals surface area contributed by atoms with E-state index in [4.69, 9.17) is 0 Å². The van der Waals surface area contributed by atoms with E-state index in [1.807, 2.05) is 0 Å². The van der Waals surface area contributed by atoms with Gasteiger partial charge >= 0.3 is 12.2 Å². The first-order valence-electron chi connectivity index (χ1n) is 5.80. The summed E-state index contributed by atoms with van der Waals surface area (Å²) in [5, 5.41) is 2.19. The van der Waals surface area contributed by atoms with Gasteiger partial charge in [-0.15, -0.1) is 0 Å². The first-order valence-corrected chi connectivity index (χ1v) is 5.80. The Morgan fingerprint density at radius 3 is 2.42 bits per heavy atom. The molecule has 1 aromatic carbocycles. The van der Waals surface area contributed by atoms with Crippen molar-refractivity contribution in [2.75, 3.05) is 18.4 Å². The van der Waals surface area contributed by atoms with E-state index < -0.39 is 29.3 Å². The molecule has 2 rings (SSSR count). The lowest BCUT2D eigenvalue weighted by Gasteiger charge is -2.19. The van der Waals surface area contributed by atoms with Gasteiger partial charge in [-0.25, -0.2) is 9.18 Å². The molecule has 1 aliphatic heterocycles. The van der Waals surface area contributed by atoms with Crippen LogP contribution >= 0.6 is 0 Å². The molecular weight excluding hydrogens is 264 g/mol. The average molecular weight is 276 g/mol. The number of nitrogens with zero attached hydrogens (tertiary/aromatic N) is 1. The molecule has 104 valence electrons. The number of urea groups is 1. The fraction of sp³-hybridized carbons (Fsp3) is 0.417. The minimum atomic E-state index is -4.71. The van der Waals surface area contributed by atoms with Crippen LogP contribution in [0.2, 0.25) is 0 Å². The Hall–Kier alpha value is -1.79. The molecule has 1 N–H and O–H groups in total. The largest absolute Gasteiger partial charge is 0.418 e. The predicted octanol–water partition coefficient (Wildman–Crippen LogP) is 3.47. The van der Waals surface area contributed by atoms with Crippen molar-refractivity contribution in [2.45, 2.75) is 19.0 Å². The number of hydrogen-bond donors (Lipinski definition) is 1. The van der Waals surface area contributed by atoms with Gasteiger partial charge in [-0.2, -0.15) is 13.2 Å². The zero-order valence-corrected chi connectivity index (χ0v) is 9.93. The molecule has 7 heteroatoms. The van der Waals surface area contributed by atoms with Crippen molar-refractivity contribution >= 4 is 11.7 Å². The summed E-state index contributed by atoms with van der Waals surface area (Å²) < 4.78 is 51.1. The maximum Gasteiger partial charge on any atom is 0.418 e. The Morgan fingerprint density at radius 1 is 1.21 bits per heavy atom. The van der Waals surface area contributed by atoms with Crippen LogP contribution in [0.1, 0.15) is 18.4 Å². The van der Waals surface area contributed by atoms with Gasteiger partial charge < -0.3 is 10.2 Å². The molecule has 19 heavy (non-hydrogen) atoms. The molecule has 0 atom stereocenters. The molecule has 0 saturated carbocycles. The van der Waals surface area contributed by atoms with Crippen LogP contribution in [0.4, 0.5) is 28.0 Å². The van der Waals surface area contributed by atoms with Gasteiger partial charge in [-0.05, 0) is 31.0 Å². The van der Waals surface area contributed by atoms with Crippen LogP contribution in [0.3, 0.4) is 0 Å². The van der Waals surface area contributed by atoms with Gasteiger partial charge in [0, 0.05) is 13.1 Å². The van der Waals surface area contributed by atoms with Gasteiger partial charge in [0.15, 0.2) is 0 Å². The van der Waals surface area contributed by atoms with Gasteiger partial charge in [-0.1, -0.05) is 0 Å². The number of nitrogens with one attached hydrogen (secondary N) is 1. The van der Waals surface area contributed by atoms with E-state index in [1.165, 1.54) is 4.90 Å². The van der Waals surface area contributed by atoms with E-state index in [2.05, 4.69) is 5.32 Å². The third kappa shape index (κ3) is 3.15. The molecule has 0 aliphatic carbocycles. The fourth-order valence-corrected chi connectivity index (χ4v) is 1.97. The minimum Gasteiger partial charge on any atom is -0.325 e. The van der Waals surface area contributed by atoms with Crippen LogP contribution in [-0.2, 0) is 6.18 Å². The van der Waals surface area contributed by atoms with Gasteiger partial charge in [0.2, 0.25) is 0 Å². The number of carbonyl (C=O) groups is 1. The highest BCUT2D eigenvalue weighted by molar-refractivity contribution is 5.90. The molecule has 0 bridgehead atoms. The molecule has 1 heterocycles. The second-order valence-corrected chi connectivity index (χ2v) is 4.31. The maximum absolute atomic E-state index is 12.9. The summed E-state index contributed by atoms with van der Waals surface area (Å²) in [6, 6.07) is 1.59. The van der Waals surface area contributed by atoms with E-state index in [0.717, 1.165) is 25.0 Å². The number of rotatable bonds is 1. The van der Waals surface area contributed by atoms with Gasteiger partial charge in [0.25, 0.3) is 0 Å². The first-order chi connectivity index (χ1) is 8.88. The summed E-state index contributed by atoms with van der Waals surface area (Å²) in [4.78, 5) is 13.2. The molecular formula is C12H12F4N2O. The molecule has 2 amide bonds. The topological polar surface area (TPSA) is 32.3 Å². The maximum atomic E-state index is 12.9. The number of amides is 2. The van der Waals surface area contributed by atoms with Crippen LogP contribution in [0.15, 0.2) is 18.2 Å². The highest BCUT2D eigenvalue weighted by atomic mass is 19.4. The molecule has 1 fully saturated rings. The van der Waals surface area contributed by atoms with Gasteiger partial charge in [0.05, 0.1) is 11.3 Å².